The fraction of sp³-hybridized carbons (Fsp3) is 0.350. The summed E-state index contributed by atoms with van der Waals surface area (Å²) in [5.41, 5.74) is 3.09. The van der Waals surface area contributed by atoms with E-state index in [-0.39, 0.29) is 24.4 Å². The summed E-state index contributed by atoms with van der Waals surface area (Å²) < 4.78 is 0. The van der Waals surface area contributed by atoms with E-state index in [0.717, 1.165) is 16.8 Å². The van der Waals surface area contributed by atoms with Crippen molar-refractivity contribution >= 4 is 17.5 Å². The second-order valence-corrected chi connectivity index (χ2v) is 6.52. The largest absolute Gasteiger partial charge is 0.329 e. The quantitative estimate of drug-likeness (QED) is 0.862. The van der Waals surface area contributed by atoms with Gasteiger partial charge in [0.1, 0.15) is 6.54 Å². The smallest absolute Gasteiger partial charge is 0.246 e. The summed E-state index contributed by atoms with van der Waals surface area (Å²) in [6.45, 7) is 4.68. The van der Waals surface area contributed by atoms with Crippen LogP contribution in [0.4, 0.5) is 5.69 Å². The number of para-hydroxylation sites is 1. The maximum Gasteiger partial charge on any atom is 0.246 e. The number of piperazine rings is 1. The van der Waals surface area contributed by atoms with Gasteiger partial charge in [0, 0.05) is 37.1 Å². The standard InChI is InChI=1S/C20H23N3O2/c1-15-5-3-4-6-18(15)23-13-16(2)22(14-20(23)25)19(24)8-7-17-9-11-21-12-10-17/h3-6,9-12,16H,7-8,13-14H2,1-2H3/t16-/m1/s1. The van der Waals surface area contributed by atoms with Crippen LogP contribution in [0.5, 0.6) is 0 Å². The van der Waals surface area contributed by atoms with Gasteiger partial charge in [-0.15, -0.1) is 0 Å². The minimum absolute atomic E-state index is 0.00208. The van der Waals surface area contributed by atoms with Gasteiger partial charge in [0.05, 0.1) is 0 Å². The first kappa shape index (κ1) is 17.1. The Kier molecular flexibility index (Phi) is 5.12. The molecule has 0 spiro atoms. The number of pyridine rings is 1. The number of carbonyl (C=O) groups is 2. The molecule has 5 heteroatoms. The maximum atomic E-state index is 12.6. The van der Waals surface area contributed by atoms with Crippen molar-refractivity contribution in [1.29, 1.82) is 0 Å². The SMILES string of the molecule is Cc1ccccc1N1C[C@@H](C)N(C(=O)CCc2ccncc2)CC1=O. The second-order valence-electron chi connectivity index (χ2n) is 6.52. The van der Waals surface area contributed by atoms with Gasteiger partial charge in [-0.25, -0.2) is 0 Å². The topological polar surface area (TPSA) is 53.5 Å². The molecule has 25 heavy (non-hydrogen) atoms. The Bertz CT molecular complexity index is 761. The molecule has 1 saturated heterocycles. The third kappa shape index (κ3) is 3.87. The summed E-state index contributed by atoms with van der Waals surface area (Å²) >= 11 is 0. The summed E-state index contributed by atoms with van der Waals surface area (Å²) in [5.74, 6) is 0.00626. The van der Waals surface area contributed by atoms with Crippen LogP contribution < -0.4 is 4.90 Å². The van der Waals surface area contributed by atoms with E-state index in [1.165, 1.54) is 0 Å². The Hall–Kier alpha value is -2.69. The van der Waals surface area contributed by atoms with E-state index in [1.54, 1.807) is 22.2 Å². The number of carbonyl (C=O) groups excluding carboxylic acids is 2. The van der Waals surface area contributed by atoms with E-state index in [4.69, 9.17) is 0 Å². The lowest BCUT2D eigenvalue weighted by molar-refractivity contribution is -0.139. The van der Waals surface area contributed by atoms with Crippen molar-refractivity contribution < 1.29 is 9.59 Å². The van der Waals surface area contributed by atoms with Gasteiger partial charge in [-0.3, -0.25) is 14.6 Å². The molecule has 2 amide bonds. The number of rotatable bonds is 4. The minimum atomic E-state index is -0.0235. The molecule has 1 aromatic heterocycles. The zero-order chi connectivity index (χ0) is 17.8. The highest BCUT2D eigenvalue weighted by Gasteiger charge is 2.33. The lowest BCUT2D eigenvalue weighted by Crippen LogP contribution is -2.57. The first-order chi connectivity index (χ1) is 12.1. The van der Waals surface area contributed by atoms with Gasteiger partial charge >= 0.3 is 0 Å². The summed E-state index contributed by atoms with van der Waals surface area (Å²) in [6.07, 6.45) is 4.53. The molecule has 0 saturated carbocycles. The van der Waals surface area contributed by atoms with Crippen LogP contribution >= 0.6 is 0 Å². The van der Waals surface area contributed by atoms with Crippen molar-refractivity contribution in [2.45, 2.75) is 32.7 Å². The molecule has 1 aliphatic heterocycles. The van der Waals surface area contributed by atoms with Gasteiger partial charge in [0.15, 0.2) is 0 Å². The lowest BCUT2D eigenvalue weighted by atomic mass is 10.1. The molecule has 2 aromatic rings. The average Bonchev–Trinajstić information content (AvgIpc) is 2.63. The molecule has 1 atom stereocenters. The average molecular weight is 337 g/mol. The van der Waals surface area contributed by atoms with E-state index in [9.17, 15) is 9.59 Å². The van der Waals surface area contributed by atoms with Gasteiger partial charge in [-0.2, -0.15) is 0 Å². The van der Waals surface area contributed by atoms with Crippen molar-refractivity contribution in [2.24, 2.45) is 0 Å². The number of benzene rings is 1. The van der Waals surface area contributed by atoms with Crippen LogP contribution in [0.15, 0.2) is 48.8 Å². The highest BCUT2D eigenvalue weighted by Crippen LogP contribution is 2.24. The fourth-order valence-electron chi connectivity index (χ4n) is 3.23. The highest BCUT2D eigenvalue weighted by atomic mass is 16.2. The van der Waals surface area contributed by atoms with Crippen molar-refractivity contribution in [2.75, 3.05) is 18.0 Å². The summed E-state index contributed by atoms with van der Waals surface area (Å²) in [7, 11) is 0. The molecule has 0 radical (unpaired) electrons. The van der Waals surface area contributed by atoms with E-state index < -0.39 is 0 Å². The zero-order valence-corrected chi connectivity index (χ0v) is 14.7. The Morgan fingerprint density at radius 1 is 1.20 bits per heavy atom. The number of hydrogen-bond donors (Lipinski definition) is 0. The van der Waals surface area contributed by atoms with Crippen LogP contribution in [0.3, 0.4) is 0 Å². The fourth-order valence-corrected chi connectivity index (χ4v) is 3.23. The molecular weight excluding hydrogens is 314 g/mol. The van der Waals surface area contributed by atoms with Crippen LogP contribution in [0.25, 0.3) is 0 Å². The van der Waals surface area contributed by atoms with Crippen molar-refractivity contribution in [3.05, 3.63) is 59.9 Å². The lowest BCUT2D eigenvalue weighted by Gasteiger charge is -2.40. The van der Waals surface area contributed by atoms with Crippen molar-refractivity contribution in [1.82, 2.24) is 9.88 Å². The molecule has 0 aliphatic carbocycles. The molecule has 1 aliphatic rings. The third-order valence-electron chi connectivity index (χ3n) is 4.69. The van der Waals surface area contributed by atoms with Crippen molar-refractivity contribution in [3.8, 4) is 0 Å². The molecular formula is C20H23N3O2. The van der Waals surface area contributed by atoms with Crippen LogP contribution in [0.1, 0.15) is 24.5 Å². The Morgan fingerprint density at radius 3 is 2.64 bits per heavy atom. The van der Waals surface area contributed by atoms with Crippen LogP contribution in [-0.4, -0.2) is 40.8 Å². The maximum absolute atomic E-state index is 12.6. The Labute approximate surface area is 148 Å². The number of aryl methyl sites for hydroxylation is 2. The molecule has 5 nitrogen and oxygen atoms in total. The molecule has 3 rings (SSSR count). The summed E-state index contributed by atoms with van der Waals surface area (Å²) in [5, 5.41) is 0. The molecule has 0 unspecified atom stereocenters. The number of hydrogen-bond acceptors (Lipinski definition) is 3. The predicted octanol–water partition coefficient (Wildman–Crippen LogP) is 2.59. The molecule has 0 bridgehead atoms. The van der Waals surface area contributed by atoms with Gasteiger partial charge in [0.2, 0.25) is 11.8 Å². The highest BCUT2D eigenvalue weighted by molar-refractivity contribution is 5.98. The van der Waals surface area contributed by atoms with E-state index in [0.29, 0.717) is 19.4 Å². The molecule has 0 N–H and O–H groups in total. The van der Waals surface area contributed by atoms with E-state index in [1.807, 2.05) is 50.2 Å². The first-order valence-electron chi connectivity index (χ1n) is 8.60. The van der Waals surface area contributed by atoms with Crippen LogP contribution in [-0.2, 0) is 16.0 Å². The normalized spacial score (nSPS) is 17.7. The van der Waals surface area contributed by atoms with Crippen molar-refractivity contribution in [3.63, 3.8) is 0 Å². The Balaban J connectivity index is 1.65. The van der Waals surface area contributed by atoms with Gasteiger partial charge in [-0.05, 0) is 49.6 Å². The van der Waals surface area contributed by atoms with Crippen LogP contribution in [0, 0.1) is 6.92 Å². The Morgan fingerprint density at radius 2 is 1.92 bits per heavy atom. The summed E-state index contributed by atoms with van der Waals surface area (Å²) in [4.78, 5) is 32.7. The summed E-state index contributed by atoms with van der Waals surface area (Å²) in [6, 6.07) is 11.7. The molecule has 1 fully saturated rings. The second kappa shape index (κ2) is 7.47. The van der Waals surface area contributed by atoms with Gasteiger partial charge in [-0.1, -0.05) is 18.2 Å². The molecule has 130 valence electrons. The number of anilines is 1. The van der Waals surface area contributed by atoms with E-state index >= 15 is 0 Å². The monoisotopic (exact) mass is 337 g/mol. The van der Waals surface area contributed by atoms with Gasteiger partial charge in [0.25, 0.3) is 0 Å². The van der Waals surface area contributed by atoms with E-state index in [2.05, 4.69) is 4.98 Å². The number of amides is 2. The zero-order valence-electron chi connectivity index (χ0n) is 14.7. The molecule has 1 aromatic carbocycles. The predicted molar refractivity (Wildman–Crippen MR) is 97.3 cm³/mol. The minimum Gasteiger partial charge on any atom is -0.329 e. The molecule has 2 heterocycles. The number of aromatic nitrogens is 1. The third-order valence-corrected chi connectivity index (χ3v) is 4.69. The van der Waals surface area contributed by atoms with Crippen LogP contribution in [0.2, 0.25) is 0 Å². The number of nitrogens with zero attached hydrogens (tertiary/aromatic N) is 3. The first-order valence-corrected chi connectivity index (χ1v) is 8.60. The van der Waals surface area contributed by atoms with Gasteiger partial charge < -0.3 is 9.80 Å².